The minimum atomic E-state index is -0.805. The Morgan fingerprint density at radius 2 is 1.57 bits per heavy atom. The first-order chi connectivity index (χ1) is 13.5. The number of nitrogens with zero attached hydrogens (tertiary/aromatic N) is 1. The highest BCUT2D eigenvalue weighted by Crippen LogP contribution is 2.15. The van der Waals surface area contributed by atoms with Gasteiger partial charge in [0.2, 0.25) is 0 Å². The third-order valence-corrected chi connectivity index (χ3v) is 4.82. The monoisotopic (exact) mass is 380 g/mol. The second-order valence-electron chi connectivity index (χ2n) is 6.87. The third-order valence-electron chi connectivity index (χ3n) is 4.82. The number of likely N-dealkylation sites (tertiary alicyclic amines) is 1. The maximum Gasteiger partial charge on any atom is 0.313 e. The molecule has 0 atom stereocenters. The molecule has 0 unspecified atom stereocenters. The predicted octanol–water partition coefficient (Wildman–Crippen LogP) is 1.50. The summed E-state index contributed by atoms with van der Waals surface area (Å²) in [4.78, 5) is 38.1. The molecule has 1 aliphatic heterocycles. The van der Waals surface area contributed by atoms with Crippen molar-refractivity contribution < 1.29 is 14.4 Å². The molecule has 1 fully saturated rings. The van der Waals surface area contributed by atoms with Crippen molar-refractivity contribution >= 4 is 23.4 Å². The van der Waals surface area contributed by atoms with Crippen molar-refractivity contribution in [1.29, 1.82) is 0 Å². The minimum absolute atomic E-state index is 0.0448. The summed E-state index contributed by atoms with van der Waals surface area (Å²) in [6.07, 6.45) is 1.56. The first-order valence-electron chi connectivity index (χ1n) is 9.30. The molecule has 0 spiro atoms. The van der Waals surface area contributed by atoms with Gasteiger partial charge in [-0.2, -0.15) is 0 Å². The number of carbonyl (C=O) groups excluding carboxylic acids is 3. The number of hydrogen-bond donors (Lipinski definition) is 3. The first kappa shape index (κ1) is 19.6. The van der Waals surface area contributed by atoms with Crippen molar-refractivity contribution in [2.75, 3.05) is 18.4 Å². The maximum absolute atomic E-state index is 12.2. The molecule has 2 aromatic carbocycles. The Hall–Kier alpha value is -3.19. The molecule has 0 bridgehead atoms. The van der Waals surface area contributed by atoms with Crippen LogP contribution in [0, 0.1) is 0 Å². The zero-order valence-corrected chi connectivity index (χ0v) is 15.6. The molecule has 4 N–H and O–H groups in total. The predicted molar refractivity (Wildman–Crippen MR) is 106 cm³/mol. The van der Waals surface area contributed by atoms with E-state index in [1.165, 1.54) is 17.7 Å². The highest BCUT2D eigenvalue weighted by Gasteiger charge is 2.24. The topological polar surface area (TPSA) is 105 Å². The SMILES string of the molecule is NC(=O)c1ccccc1NC(=O)C(=O)NC1CCN(Cc2ccccc2)CC1. The van der Waals surface area contributed by atoms with Crippen LogP contribution in [-0.4, -0.2) is 41.8 Å². The zero-order chi connectivity index (χ0) is 19.9. The smallest absolute Gasteiger partial charge is 0.313 e. The molecule has 0 saturated carbocycles. The number of piperidine rings is 1. The fourth-order valence-electron chi connectivity index (χ4n) is 3.31. The Morgan fingerprint density at radius 1 is 0.929 bits per heavy atom. The molecule has 2 aromatic rings. The Kier molecular flexibility index (Phi) is 6.39. The van der Waals surface area contributed by atoms with Gasteiger partial charge in [-0.05, 0) is 30.5 Å². The molecule has 0 aromatic heterocycles. The number of para-hydroxylation sites is 1. The van der Waals surface area contributed by atoms with Gasteiger partial charge in [0, 0.05) is 25.7 Å². The van der Waals surface area contributed by atoms with Crippen LogP contribution in [-0.2, 0) is 16.1 Å². The summed E-state index contributed by atoms with van der Waals surface area (Å²) in [5, 5.41) is 5.24. The molecule has 146 valence electrons. The van der Waals surface area contributed by atoms with E-state index >= 15 is 0 Å². The molecule has 28 heavy (non-hydrogen) atoms. The number of hydrogen-bond acceptors (Lipinski definition) is 4. The lowest BCUT2D eigenvalue weighted by Crippen LogP contribution is -2.47. The average molecular weight is 380 g/mol. The third kappa shape index (κ3) is 5.17. The van der Waals surface area contributed by atoms with Gasteiger partial charge in [-0.25, -0.2) is 0 Å². The van der Waals surface area contributed by atoms with Crippen molar-refractivity contribution in [1.82, 2.24) is 10.2 Å². The second kappa shape index (κ2) is 9.14. The van der Waals surface area contributed by atoms with Gasteiger partial charge < -0.3 is 16.4 Å². The fraction of sp³-hybridized carbons (Fsp3) is 0.286. The number of primary amides is 1. The summed E-state index contributed by atoms with van der Waals surface area (Å²) >= 11 is 0. The first-order valence-corrected chi connectivity index (χ1v) is 9.30. The zero-order valence-electron chi connectivity index (χ0n) is 15.6. The number of anilines is 1. The molecule has 3 rings (SSSR count). The van der Waals surface area contributed by atoms with E-state index in [-0.39, 0.29) is 17.3 Å². The van der Waals surface area contributed by atoms with Gasteiger partial charge in [0.1, 0.15) is 0 Å². The minimum Gasteiger partial charge on any atom is -0.366 e. The van der Waals surface area contributed by atoms with Crippen LogP contribution in [0.15, 0.2) is 54.6 Å². The molecule has 0 aliphatic carbocycles. The summed E-state index contributed by atoms with van der Waals surface area (Å²) in [6, 6.07) is 16.5. The van der Waals surface area contributed by atoms with E-state index in [0.29, 0.717) is 0 Å². The van der Waals surface area contributed by atoms with E-state index in [1.807, 2.05) is 18.2 Å². The van der Waals surface area contributed by atoms with Gasteiger partial charge >= 0.3 is 11.8 Å². The van der Waals surface area contributed by atoms with E-state index in [0.717, 1.165) is 32.5 Å². The normalized spacial score (nSPS) is 15.0. The number of nitrogens with one attached hydrogen (secondary N) is 2. The lowest BCUT2D eigenvalue weighted by Gasteiger charge is -2.32. The molecular weight excluding hydrogens is 356 g/mol. The van der Waals surface area contributed by atoms with Crippen LogP contribution in [0.3, 0.4) is 0 Å². The van der Waals surface area contributed by atoms with E-state index in [2.05, 4.69) is 27.7 Å². The van der Waals surface area contributed by atoms with Gasteiger partial charge in [0.05, 0.1) is 11.3 Å². The Labute approximate surface area is 163 Å². The van der Waals surface area contributed by atoms with Gasteiger partial charge in [-0.3, -0.25) is 19.3 Å². The maximum atomic E-state index is 12.2. The Bertz CT molecular complexity index is 846. The fourth-order valence-corrected chi connectivity index (χ4v) is 3.31. The molecule has 7 nitrogen and oxygen atoms in total. The molecule has 1 heterocycles. The lowest BCUT2D eigenvalue weighted by molar-refractivity contribution is -0.136. The van der Waals surface area contributed by atoms with Crippen LogP contribution < -0.4 is 16.4 Å². The highest BCUT2D eigenvalue weighted by molar-refractivity contribution is 6.40. The van der Waals surface area contributed by atoms with Crippen LogP contribution >= 0.6 is 0 Å². The van der Waals surface area contributed by atoms with Gasteiger partial charge in [-0.15, -0.1) is 0 Å². The molecule has 3 amide bonds. The van der Waals surface area contributed by atoms with Crippen LogP contribution in [0.25, 0.3) is 0 Å². The van der Waals surface area contributed by atoms with Crippen LogP contribution in [0.1, 0.15) is 28.8 Å². The molecule has 7 heteroatoms. The van der Waals surface area contributed by atoms with E-state index in [1.54, 1.807) is 12.1 Å². The number of benzene rings is 2. The van der Waals surface area contributed by atoms with E-state index in [4.69, 9.17) is 5.73 Å². The summed E-state index contributed by atoms with van der Waals surface area (Å²) < 4.78 is 0. The van der Waals surface area contributed by atoms with Crippen LogP contribution in [0.2, 0.25) is 0 Å². The number of amides is 3. The lowest BCUT2D eigenvalue weighted by atomic mass is 10.0. The van der Waals surface area contributed by atoms with Gasteiger partial charge in [0.15, 0.2) is 0 Å². The van der Waals surface area contributed by atoms with Crippen molar-refractivity contribution in [2.24, 2.45) is 5.73 Å². The Balaban J connectivity index is 1.48. The van der Waals surface area contributed by atoms with Gasteiger partial charge in [-0.1, -0.05) is 42.5 Å². The van der Waals surface area contributed by atoms with Crippen LogP contribution in [0.4, 0.5) is 5.69 Å². The highest BCUT2D eigenvalue weighted by atomic mass is 16.2. The number of carbonyl (C=O) groups is 3. The second-order valence-corrected chi connectivity index (χ2v) is 6.87. The quantitative estimate of drug-likeness (QED) is 0.684. The Morgan fingerprint density at radius 3 is 2.25 bits per heavy atom. The van der Waals surface area contributed by atoms with E-state index in [9.17, 15) is 14.4 Å². The van der Waals surface area contributed by atoms with Crippen molar-refractivity contribution in [3.8, 4) is 0 Å². The standard InChI is InChI=1S/C21H24N4O3/c22-19(26)17-8-4-5-9-18(17)24-21(28)20(27)23-16-10-12-25(13-11-16)14-15-6-2-1-3-7-15/h1-9,16H,10-14H2,(H2,22,26)(H,23,27)(H,24,28). The molecular formula is C21H24N4O3. The van der Waals surface area contributed by atoms with Crippen molar-refractivity contribution in [3.05, 3.63) is 65.7 Å². The number of rotatable bonds is 5. The molecule has 1 saturated heterocycles. The summed E-state index contributed by atoms with van der Waals surface area (Å²) in [5.41, 5.74) is 6.94. The van der Waals surface area contributed by atoms with E-state index < -0.39 is 17.7 Å². The summed E-state index contributed by atoms with van der Waals surface area (Å²) in [7, 11) is 0. The average Bonchev–Trinajstić information content (AvgIpc) is 2.70. The largest absolute Gasteiger partial charge is 0.366 e. The summed E-state index contributed by atoms with van der Waals surface area (Å²) in [6.45, 7) is 2.59. The number of nitrogens with two attached hydrogens (primary N) is 1. The van der Waals surface area contributed by atoms with Crippen LogP contribution in [0.5, 0.6) is 0 Å². The molecule has 0 radical (unpaired) electrons. The molecule has 1 aliphatic rings. The van der Waals surface area contributed by atoms with Gasteiger partial charge in [0.25, 0.3) is 5.91 Å². The van der Waals surface area contributed by atoms with Crippen molar-refractivity contribution in [2.45, 2.75) is 25.4 Å². The van der Waals surface area contributed by atoms with Crippen molar-refractivity contribution in [3.63, 3.8) is 0 Å². The summed E-state index contributed by atoms with van der Waals surface area (Å²) in [5.74, 6) is -2.18.